The number of rotatable bonds is 5. The number of halogens is 2. The molecule has 2 saturated carbocycles. The number of anilines is 1. The van der Waals surface area contributed by atoms with Crippen LogP contribution in [0.15, 0.2) is 12.1 Å². The molecule has 0 aromatic carbocycles. The molecule has 0 radical (unpaired) electrons. The van der Waals surface area contributed by atoms with E-state index < -0.39 is 5.92 Å². The second-order valence-electron chi connectivity index (χ2n) is 11.1. The lowest BCUT2D eigenvalue weighted by Crippen LogP contribution is -2.56. The van der Waals surface area contributed by atoms with Crippen LogP contribution in [0.1, 0.15) is 63.4 Å². The van der Waals surface area contributed by atoms with Crippen LogP contribution in [0, 0.1) is 16.7 Å². The van der Waals surface area contributed by atoms with E-state index in [0.29, 0.717) is 29.8 Å². The normalized spacial score (nSPS) is 31.4. The summed E-state index contributed by atoms with van der Waals surface area (Å²) in [4.78, 5) is 21.5. The van der Waals surface area contributed by atoms with Gasteiger partial charge in [-0.05, 0) is 61.0 Å². The fourth-order valence-corrected chi connectivity index (χ4v) is 5.91. The Balaban J connectivity index is 1.38. The Morgan fingerprint density at radius 1 is 1.17 bits per heavy atom. The lowest BCUT2D eigenvalue weighted by atomic mass is 9.65. The lowest BCUT2D eigenvalue weighted by Gasteiger charge is -2.40. The van der Waals surface area contributed by atoms with E-state index in [2.05, 4.69) is 25.8 Å². The Labute approximate surface area is 176 Å². The third-order valence-corrected chi connectivity index (χ3v) is 7.07. The van der Waals surface area contributed by atoms with Gasteiger partial charge >= 0.3 is 0 Å². The molecule has 2 aliphatic heterocycles. The minimum Gasteiger partial charge on any atom is -0.476 e. The molecule has 5 rings (SSSR count). The third-order valence-electron chi connectivity index (χ3n) is 7.07. The van der Waals surface area contributed by atoms with Crippen molar-refractivity contribution < 1.29 is 18.3 Å². The summed E-state index contributed by atoms with van der Waals surface area (Å²) in [5.41, 5.74) is 1.29. The summed E-state index contributed by atoms with van der Waals surface area (Å²) in [7, 11) is 0. The van der Waals surface area contributed by atoms with E-state index >= 15 is 0 Å². The predicted molar refractivity (Wildman–Crippen MR) is 110 cm³/mol. The highest BCUT2D eigenvalue weighted by Crippen LogP contribution is 2.52. The van der Waals surface area contributed by atoms with Crippen molar-refractivity contribution in [3.63, 3.8) is 0 Å². The molecule has 3 heterocycles. The molecule has 2 saturated heterocycles. The van der Waals surface area contributed by atoms with E-state index in [9.17, 15) is 13.6 Å². The van der Waals surface area contributed by atoms with Crippen molar-refractivity contribution in [2.24, 2.45) is 16.7 Å². The van der Waals surface area contributed by atoms with Gasteiger partial charge in [0.15, 0.2) is 0 Å². The molecule has 7 heteroatoms. The van der Waals surface area contributed by atoms with Gasteiger partial charge in [-0.3, -0.25) is 4.79 Å². The average molecular weight is 420 g/mol. The van der Waals surface area contributed by atoms with E-state index in [1.54, 1.807) is 17.0 Å². The molecule has 1 aromatic heterocycles. The molecular weight excluding hydrogens is 388 g/mol. The topological polar surface area (TPSA) is 45.7 Å². The zero-order chi connectivity index (χ0) is 21.3. The summed E-state index contributed by atoms with van der Waals surface area (Å²) < 4.78 is 32.7. The fraction of sp³-hybridized carbons (Fsp3) is 0.739. The van der Waals surface area contributed by atoms with Crippen LogP contribution in [0.2, 0.25) is 0 Å². The summed E-state index contributed by atoms with van der Waals surface area (Å²) in [5, 5.41) is 0. The number of likely N-dealkylation sites (tertiary alicyclic amines) is 1. The molecule has 30 heavy (non-hydrogen) atoms. The second kappa shape index (κ2) is 6.54. The Morgan fingerprint density at radius 2 is 1.90 bits per heavy atom. The van der Waals surface area contributed by atoms with Gasteiger partial charge in [0.1, 0.15) is 11.4 Å². The molecule has 2 aliphatic carbocycles. The fourth-order valence-electron chi connectivity index (χ4n) is 5.91. The highest BCUT2D eigenvalue weighted by Gasteiger charge is 2.51. The van der Waals surface area contributed by atoms with Gasteiger partial charge in [-0.1, -0.05) is 20.8 Å². The summed E-state index contributed by atoms with van der Waals surface area (Å²) in [6.07, 6.45) is 5.40. The molecule has 2 atom stereocenters. The van der Waals surface area contributed by atoms with Crippen LogP contribution in [0.25, 0.3) is 0 Å². The summed E-state index contributed by atoms with van der Waals surface area (Å²) >= 11 is 0. The van der Waals surface area contributed by atoms with Gasteiger partial charge < -0.3 is 14.5 Å². The Hall–Kier alpha value is -1.92. The summed E-state index contributed by atoms with van der Waals surface area (Å²) in [6, 6.07) is 3.64. The zero-order valence-electron chi connectivity index (χ0n) is 18.1. The van der Waals surface area contributed by atoms with Gasteiger partial charge in [0.05, 0.1) is 19.7 Å². The molecule has 0 N–H and O–H groups in total. The molecule has 0 spiro atoms. The first kappa shape index (κ1) is 20.0. The smallest absolute Gasteiger partial charge is 0.282 e. The van der Waals surface area contributed by atoms with E-state index in [1.807, 2.05) is 4.90 Å². The molecule has 4 aliphatic rings. The Kier molecular flexibility index (Phi) is 4.36. The van der Waals surface area contributed by atoms with Crippen molar-refractivity contribution in [2.75, 3.05) is 31.1 Å². The number of nitrogens with zero attached hydrogens (tertiary/aromatic N) is 3. The first-order chi connectivity index (χ1) is 14.0. The number of pyridine rings is 1. The number of aromatic nitrogens is 1. The molecule has 1 amide bonds. The molecule has 1 aromatic rings. The molecule has 4 fully saturated rings. The van der Waals surface area contributed by atoms with E-state index in [4.69, 9.17) is 4.74 Å². The van der Waals surface area contributed by atoms with Gasteiger partial charge in [0.25, 0.3) is 11.8 Å². The maximum atomic E-state index is 13.4. The van der Waals surface area contributed by atoms with Crippen LogP contribution in [-0.4, -0.2) is 54.0 Å². The van der Waals surface area contributed by atoms with Crippen molar-refractivity contribution in [2.45, 2.75) is 64.8 Å². The standard InChI is InChI=1S/C23H31F2N3O2/c1-21(2)8-16-9-22(3,11-21)12-28(16)20(29)17-6-7-18(27-13-23(24,25)14-27)19(26-17)30-10-15-4-5-15/h6-7,15-16H,4-5,8-14H2,1-3H3/t16-,22-/m1/s1. The molecule has 0 unspecified atom stereocenters. The maximum absolute atomic E-state index is 13.4. The van der Waals surface area contributed by atoms with Crippen LogP contribution in [0.4, 0.5) is 14.5 Å². The monoisotopic (exact) mass is 419 g/mol. The van der Waals surface area contributed by atoms with Gasteiger partial charge in [-0.2, -0.15) is 0 Å². The number of amides is 1. The van der Waals surface area contributed by atoms with Crippen molar-refractivity contribution in [3.05, 3.63) is 17.8 Å². The van der Waals surface area contributed by atoms with E-state index in [-0.39, 0.29) is 35.9 Å². The number of fused-ring (bicyclic) bond motifs is 2. The van der Waals surface area contributed by atoms with Crippen LogP contribution in [0.5, 0.6) is 5.88 Å². The number of alkyl halides is 2. The van der Waals surface area contributed by atoms with Crippen molar-refractivity contribution >= 4 is 11.6 Å². The van der Waals surface area contributed by atoms with Crippen LogP contribution < -0.4 is 9.64 Å². The van der Waals surface area contributed by atoms with Crippen LogP contribution in [-0.2, 0) is 0 Å². The minimum atomic E-state index is -2.67. The van der Waals surface area contributed by atoms with Gasteiger partial charge in [-0.15, -0.1) is 0 Å². The number of hydrogen-bond acceptors (Lipinski definition) is 4. The van der Waals surface area contributed by atoms with Gasteiger partial charge in [0.2, 0.25) is 5.88 Å². The summed E-state index contributed by atoms with van der Waals surface area (Å²) in [6.45, 7) is 7.46. The van der Waals surface area contributed by atoms with Crippen LogP contribution in [0.3, 0.4) is 0 Å². The predicted octanol–water partition coefficient (Wildman–Crippen LogP) is 4.37. The first-order valence-electron chi connectivity index (χ1n) is 11.1. The number of carbonyl (C=O) groups is 1. The zero-order valence-corrected chi connectivity index (χ0v) is 18.1. The van der Waals surface area contributed by atoms with Gasteiger partial charge in [0, 0.05) is 12.6 Å². The third kappa shape index (κ3) is 3.76. The van der Waals surface area contributed by atoms with Crippen molar-refractivity contribution in [3.8, 4) is 5.88 Å². The second-order valence-corrected chi connectivity index (χ2v) is 11.1. The molecule has 2 bridgehead atoms. The molecule has 5 nitrogen and oxygen atoms in total. The van der Waals surface area contributed by atoms with E-state index in [0.717, 1.165) is 38.6 Å². The number of carbonyl (C=O) groups excluding carboxylic acids is 1. The minimum absolute atomic E-state index is 0.0711. The van der Waals surface area contributed by atoms with Gasteiger partial charge in [-0.25, -0.2) is 13.8 Å². The maximum Gasteiger partial charge on any atom is 0.282 e. The summed E-state index contributed by atoms with van der Waals surface area (Å²) in [5.74, 6) is -1.91. The number of hydrogen-bond donors (Lipinski definition) is 0. The molecule has 164 valence electrons. The van der Waals surface area contributed by atoms with Crippen molar-refractivity contribution in [1.29, 1.82) is 0 Å². The number of ether oxygens (including phenoxy) is 1. The first-order valence-corrected chi connectivity index (χ1v) is 11.1. The lowest BCUT2D eigenvalue weighted by molar-refractivity contribution is -0.0265. The SMILES string of the molecule is CC1(C)C[C@@H]2C[C@@](C)(CN2C(=O)c2ccc(N3CC(F)(F)C3)c(OCC3CC3)n2)C1. The Morgan fingerprint density at radius 3 is 2.57 bits per heavy atom. The highest BCUT2D eigenvalue weighted by molar-refractivity contribution is 5.93. The quantitative estimate of drug-likeness (QED) is 0.711. The van der Waals surface area contributed by atoms with Crippen LogP contribution >= 0.6 is 0 Å². The Bertz CT molecular complexity index is 862. The highest BCUT2D eigenvalue weighted by atomic mass is 19.3. The van der Waals surface area contributed by atoms with Crippen molar-refractivity contribution in [1.82, 2.24) is 9.88 Å². The largest absolute Gasteiger partial charge is 0.476 e. The average Bonchev–Trinajstić information content (AvgIpc) is 3.40. The van der Waals surface area contributed by atoms with E-state index in [1.165, 1.54) is 0 Å². The molecular formula is C23H31F2N3O2.